The van der Waals surface area contributed by atoms with E-state index in [4.69, 9.17) is 5.26 Å². The predicted octanol–water partition coefficient (Wildman–Crippen LogP) is 4.48. The minimum absolute atomic E-state index is 0.672. The van der Waals surface area contributed by atoms with Crippen LogP contribution < -0.4 is 5.32 Å². The molecular weight excluding hydrogens is 320 g/mol. The van der Waals surface area contributed by atoms with Gasteiger partial charge in [0, 0.05) is 26.5 Å². The number of aryl methyl sites for hydroxylation is 2. The molecule has 0 saturated carbocycles. The van der Waals surface area contributed by atoms with Gasteiger partial charge in [0.15, 0.2) is 0 Å². The third kappa shape index (κ3) is 2.83. The Hall–Kier alpha value is -1.31. The Morgan fingerprint density at radius 1 is 1.26 bits per heavy atom. The molecule has 0 aliphatic heterocycles. The average molecular weight is 333 g/mol. The first-order valence-electron chi connectivity index (χ1n) is 6.29. The maximum Gasteiger partial charge on any atom is 0.0992 e. The van der Waals surface area contributed by atoms with Crippen LogP contribution in [0.2, 0.25) is 0 Å². The summed E-state index contributed by atoms with van der Waals surface area (Å²) in [5.74, 6) is 0. The highest BCUT2D eigenvalue weighted by atomic mass is 79.9. The zero-order chi connectivity index (χ0) is 13.2. The van der Waals surface area contributed by atoms with Gasteiger partial charge in [-0.25, -0.2) is 0 Å². The van der Waals surface area contributed by atoms with Crippen LogP contribution in [0.15, 0.2) is 28.7 Å². The molecule has 1 aromatic carbocycles. The smallest absolute Gasteiger partial charge is 0.0992 e. The van der Waals surface area contributed by atoms with Crippen LogP contribution in [0.5, 0.6) is 0 Å². The summed E-state index contributed by atoms with van der Waals surface area (Å²) in [6.07, 6.45) is 3.79. The summed E-state index contributed by atoms with van der Waals surface area (Å²) in [6, 6.07) is 10.2. The fourth-order valence-corrected chi connectivity index (χ4v) is 4.12. The zero-order valence-corrected chi connectivity index (χ0v) is 12.8. The van der Waals surface area contributed by atoms with Gasteiger partial charge in [0.25, 0.3) is 0 Å². The van der Waals surface area contributed by atoms with Crippen molar-refractivity contribution in [1.29, 1.82) is 5.26 Å². The Morgan fingerprint density at radius 2 is 2.16 bits per heavy atom. The third-order valence-electron chi connectivity index (χ3n) is 3.29. The number of nitrogens with zero attached hydrogens (tertiary/aromatic N) is 1. The van der Waals surface area contributed by atoms with Gasteiger partial charge in [-0.2, -0.15) is 5.26 Å². The number of benzene rings is 1. The molecule has 1 aromatic heterocycles. The zero-order valence-electron chi connectivity index (χ0n) is 10.4. The van der Waals surface area contributed by atoms with Gasteiger partial charge in [0.2, 0.25) is 0 Å². The summed E-state index contributed by atoms with van der Waals surface area (Å²) in [6.45, 7) is 0.832. The molecule has 0 amide bonds. The molecule has 0 bridgehead atoms. The summed E-state index contributed by atoms with van der Waals surface area (Å²) in [7, 11) is 0. The van der Waals surface area contributed by atoms with Crippen molar-refractivity contribution < 1.29 is 0 Å². The molecule has 0 saturated heterocycles. The quantitative estimate of drug-likeness (QED) is 0.899. The Kier molecular flexibility index (Phi) is 3.58. The topological polar surface area (TPSA) is 35.8 Å². The Balaban J connectivity index is 1.72. The van der Waals surface area contributed by atoms with Gasteiger partial charge >= 0.3 is 0 Å². The predicted molar refractivity (Wildman–Crippen MR) is 82.5 cm³/mol. The molecule has 19 heavy (non-hydrogen) atoms. The van der Waals surface area contributed by atoms with Crippen LogP contribution in [0.1, 0.15) is 27.3 Å². The molecule has 3 rings (SSSR count). The first kappa shape index (κ1) is 12.7. The molecule has 1 aliphatic carbocycles. The largest absolute Gasteiger partial charge is 0.380 e. The highest BCUT2D eigenvalue weighted by Gasteiger charge is 2.14. The lowest BCUT2D eigenvalue weighted by atomic mass is 10.2. The van der Waals surface area contributed by atoms with Gasteiger partial charge in [-0.1, -0.05) is 15.9 Å². The van der Waals surface area contributed by atoms with Crippen LogP contribution in [0.3, 0.4) is 0 Å². The number of nitriles is 1. The molecule has 1 N–H and O–H groups in total. The van der Waals surface area contributed by atoms with Gasteiger partial charge < -0.3 is 5.32 Å². The van der Waals surface area contributed by atoms with Crippen LogP contribution in [0, 0.1) is 11.3 Å². The number of halogens is 1. The molecule has 4 heteroatoms. The minimum atomic E-state index is 0.672. The number of anilines is 1. The van der Waals surface area contributed by atoms with Gasteiger partial charge in [-0.05, 0) is 49.1 Å². The Morgan fingerprint density at radius 3 is 2.95 bits per heavy atom. The summed E-state index contributed by atoms with van der Waals surface area (Å²) in [5.41, 5.74) is 3.19. The molecule has 96 valence electrons. The molecule has 1 heterocycles. The van der Waals surface area contributed by atoms with E-state index in [0.29, 0.717) is 5.56 Å². The fourth-order valence-electron chi connectivity index (χ4n) is 2.42. The van der Waals surface area contributed by atoms with E-state index in [1.807, 2.05) is 29.5 Å². The lowest BCUT2D eigenvalue weighted by Gasteiger charge is -2.06. The van der Waals surface area contributed by atoms with Crippen LogP contribution in [-0.4, -0.2) is 0 Å². The van der Waals surface area contributed by atoms with Crippen LogP contribution in [0.4, 0.5) is 5.69 Å². The molecule has 0 atom stereocenters. The maximum atomic E-state index is 8.95. The summed E-state index contributed by atoms with van der Waals surface area (Å²) in [5, 5.41) is 12.3. The molecule has 2 nitrogen and oxygen atoms in total. The molecule has 0 unspecified atom stereocenters. The molecule has 0 fully saturated rings. The van der Waals surface area contributed by atoms with Crippen molar-refractivity contribution in [3.05, 3.63) is 49.6 Å². The Bertz CT molecular complexity index is 633. The highest BCUT2D eigenvalue weighted by molar-refractivity contribution is 9.10. The second-order valence-corrected chi connectivity index (χ2v) is 6.85. The maximum absolute atomic E-state index is 8.95. The Labute approximate surface area is 125 Å². The monoisotopic (exact) mass is 332 g/mol. The number of hydrogen-bond donors (Lipinski definition) is 1. The van der Waals surface area contributed by atoms with Crippen LogP contribution in [0.25, 0.3) is 0 Å². The van der Waals surface area contributed by atoms with Crippen LogP contribution >= 0.6 is 27.3 Å². The first-order valence-corrected chi connectivity index (χ1v) is 7.90. The summed E-state index contributed by atoms with van der Waals surface area (Å²) >= 11 is 5.34. The van der Waals surface area contributed by atoms with Crippen molar-refractivity contribution >= 4 is 33.0 Å². The third-order valence-corrected chi connectivity index (χ3v) is 4.99. The number of thiophene rings is 1. The van der Waals surface area contributed by atoms with Crippen molar-refractivity contribution in [2.75, 3.05) is 5.32 Å². The lowest BCUT2D eigenvalue weighted by molar-refractivity contribution is 0.913. The fraction of sp³-hybridized carbons (Fsp3) is 0.267. The van der Waals surface area contributed by atoms with E-state index < -0.39 is 0 Å². The molecule has 0 radical (unpaired) electrons. The SMILES string of the molecule is N#Cc1cc(Br)cc(NCc2cc3c(s2)CCC3)c1. The van der Waals surface area contributed by atoms with E-state index in [9.17, 15) is 0 Å². The van der Waals surface area contributed by atoms with Gasteiger partial charge in [0.1, 0.15) is 0 Å². The van der Waals surface area contributed by atoms with Gasteiger partial charge in [0.05, 0.1) is 11.6 Å². The number of nitrogens with one attached hydrogen (secondary N) is 1. The summed E-state index contributed by atoms with van der Waals surface area (Å²) < 4.78 is 0.933. The van der Waals surface area contributed by atoms with E-state index in [2.05, 4.69) is 33.4 Å². The van der Waals surface area contributed by atoms with Crippen molar-refractivity contribution in [2.45, 2.75) is 25.8 Å². The van der Waals surface area contributed by atoms with Gasteiger partial charge in [-0.3, -0.25) is 0 Å². The number of rotatable bonds is 3. The first-order chi connectivity index (χ1) is 9.24. The van der Waals surface area contributed by atoms with Crippen molar-refractivity contribution in [2.24, 2.45) is 0 Å². The van der Waals surface area contributed by atoms with E-state index in [1.54, 1.807) is 4.88 Å². The van der Waals surface area contributed by atoms with Gasteiger partial charge in [-0.15, -0.1) is 11.3 Å². The molecule has 2 aromatic rings. The van der Waals surface area contributed by atoms with Crippen molar-refractivity contribution in [3.63, 3.8) is 0 Å². The highest BCUT2D eigenvalue weighted by Crippen LogP contribution is 2.31. The van der Waals surface area contributed by atoms with Crippen molar-refractivity contribution in [1.82, 2.24) is 0 Å². The average Bonchev–Trinajstić information content (AvgIpc) is 2.96. The number of fused-ring (bicyclic) bond motifs is 1. The molecular formula is C15H13BrN2S. The number of hydrogen-bond acceptors (Lipinski definition) is 3. The lowest BCUT2D eigenvalue weighted by Crippen LogP contribution is -1.98. The van der Waals surface area contributed by atoms with Crippen molar-refractivity contribution in [3.8, 4) is 6.07 Å². The summed E-state index contributed by atoms with van der Waals surface area (Å²) in [4.78, 5) is 2.94. The second kappa shape index (κ2) is 5.36. The molecule has 0 spiro atoms. The minimum Gasteiger partial charge on any atom is -0.380 e. The van der Waals surface area contributed by atoms with Crippen LogP contribution in [-0.2, 0) is 19.4 Å². The standard InChI is InChI=1S/C15H13BrN2S/c16-12-4-10(8-17)5-13(7-12)18-9-14-6-11-2-1-3-15(11)19-14/h4-7,18H,1-3,9H2. The van der Waals surface area contributed by atoms with E-state index in [0.717, 1.165) is 16.7 Å². The normalized spacial score (nSPS) is 13.1. The van der Waals surface area contributed by atoms with E-state index in [-0.39, 0.29) is 0 Å². The van der Waals surface area contributed by atoms with E-state index >= 15 is 0 Å². The molecule has 1 aliphatic rings. The second-order valence-electron chi connectivity index (χ2n) is 4.71. The van der Waals surface area contributed by atoms with E-state index in [1.165, 1.54) is 29.7 Å².